The summed E-state index contributed by atoms with van der Waals surface area (Å²) in [5, 5.41) is 0. The van der Waals surface area contributed by atoms with Gasteiger partial charge in [-0.25, -0.2) is 0 Å². The third-order valence-corrected chi connectivity index (χ3v) is 4.09. The first kappa shape index (κ1) is 10.9. The Balaban J connectivity index is 1.88. The molecule has 0 saturated heterocycles. The maximum atomic E-state index is 12.1. The van der Waals surface area contributed by atoms with E-state index in [1.54, 1.807) is 0 Å². The lowest BCUT2D eigenvalue weighted by Crippen LogP contribution is -2.40. The molecule has 0 aromatic heterocycles. The highest BCUT2D eigenvalue weighted by Crippen LogP contribution is 2.36. The highest BCUT2D eigenvalue weighted by molar-refractivity contribution is 5.79. The second-order valence-corrected chi connectivity index (χ2v) is 5.30. The summed E-state index contributed by atoms with van der Waals surface area (Å²) in [7, 11) is 1.95. The fourth-order valence-electron chi connectivity index (χ4n) is 2.62. The van der Waals surface area contributed by atoms with Gasteiger partial charge in [-0.1, -0.05) is 0 Å². The first-order valence-corrected chi connectivity index (χ1v) is 6.12. The van der Waals surface area contributed by atoms with E-state index in [1.807, 2.05) is 11.9 Å². The highest BCUT2D eigenvalue weighted by atomic mass is 16.2. The summed E-state index contributed by atoms with van der Waals surface area (Å²) in [5.41, 5.74) is 5.84. The molecule has 0 aromatic carbocycles. The summed E-state index contributed by atoms with van der Waals surface area (Å²) >= 11 is 0. The van der Waals surface area contributed by atoms with E-state index in [1.165, 1.54) is 12.8 Å². The Morgan fingerprint density at radius 3 is 2.47 bits per heavy atom. The van der Waals surface area contributed by atoms with Crippen LogP contribution < -0.4 is 5.73 Å². The van der Waals surface area contributed by atoms with Gasteiger partial charge < -0.3 is 10.6 Å². The Bertz CT molecular complexity index is 250. The summed E-state index contributed by atoms with van der Waals surface area (Å²) in [6.07, 6.45) is 5.48. The number of nitrogens with two attached hydrogens (primary N) is 1. The zero-order valence-corrected chi connectivity index (χ0v) is 9.78. The van der Waals surface area contributed by atoms with Crippen LogP contribution in [-0.4, -0.2) is 29.9 Å². The Morgan fingerprint density at radius 2 is 2.00 bits per heavy atom. The number of carbonyl (C=O) groups excluding carboxylic acids is 1. The Morgan fingerprint density at radius 1 is 1.33 bits per heavy atom. The van der Waals surface area contributed by atoms with Crippen LogP contribution in [0.25, 0.3) is 0 Å². The van der Waals surface area contributed by atoms with Crippen LogP contribution in [0.3, 0.4) is 0 Å². The standard InChI is InChI=1S/C12H22N2O/c1-8(9-3-4-9)14(2)12(15)10-5-6-11(13)7-10/h8-11H,3-7,13H2,1-2H3. The zero-order valence-electron chi connectivity index (χ0n) is 9.78. The first-order valence-electron chi connectivity index (χ1n) is 6.12. The van der Waals surface area contributed by atoms with E-state index in [0.29, 0.717) is 11.9 Å². The number of hydrogen-bond donors (Lipinski definition) is 1. The third kappa shape index (κ3) is 2.33. The van der Waals surface area contributed by atoms with Gasteiger partial charge in [0.2, 0.25) is 5.91 Å². The minimum atomic E-state index is 0.200. The number of nitrogens with zero attached hydrogens (tertiary/aromatic N) is 1. The van der Waals surface area contributed by atoms with Crippen molar-refractivity contribution in [2.24, 2.45) is 17.6 Å². The molecule has 2 rings (SSSR count). The summed E-state index contributed by atoms with van der Waals surface area (Å²) in [5.74, 6) is 1.28. The molecular weight excluding hydrogens is 188 g/mol. The van der Waals surface area contributed by atoms with Gasteiger partial charge in [0.15, 0.2) is 0 Å². The van der Waals surface area contributed by atoms with Crippen LogP contribution in [-0.2, 0) is 4.79 Å². The maximum absolute atomic E-state index is 12.1. The molecule has 3 atom stereocenters. The highest BCUT2D eigenvalue weighted by Gasteiger charge is 2.36. The molecule has 2 aliphatic rings. The van der Waals surface area contributed by atoms with Gasteiger partial charge in [0.05, 0.1) is 0 Å². The molecule has 3 nitrogen and oxygen atoms in total. The van der Waals surface area contributed by atoms with Crippen LogP contribution in [0.15, 0.2) is 0 Å². The average molecular weight is 210 g/mol. The van der Waals surface area contributed by atoms with Crippen molar-refractivity contribution in [3.05, 3.63) is 0 Å². The molecule has 0 aliphatic heterocycles. The van der Waals surface area contributed by atoms with Gasteiger partial charge in [0, 0.05) is 25.0 Å². The molecule has 3 unspecified atom stereocenters. The van der Waals surface area contributed by atoms with Crippen molar-refractivity contribution < 1.29 is 4.79 Å². The molecule has 0 bridgehead atoms. The van der Waals surface area contributed by atoms with Gasteiger partial charge in [0.25, 0.3) is 0 Å². The fourth-order valence-corrected chi connectivity index (χ4v) is 2.62. The molecule has 0 heterocycles. The predicted molar refractivity (Wildman–Crippen MR) is 60.3 cm³/mol. The van der Waals surface area contributed by atoms with Crippen LogP contribution in [0.5, 0.6) is 0 Å². The smallest absolute Gasteiger partial charge is 0.225 e. The van der Waals surface area contributed by atoms with Crippen molar-refractivity contribution in [3.8, 4) is 0 Å². The van der Waals surface area contributed by atoms with Crippen molar-refractivity contribution in [1.29, 1.82) is 0 Å². The summed E-state index contributed by atoms with van der Waals surface area (Å²) in [6.45, 7) is 2.17. The van der Waals surface area contributed by atoms with E-state index in [9.17, 15) is 4.79 Å². The van der Waals surface area contributed by atoms with Gasteiger partial charge in [0.1, 0.15) is 0 Å². The van der Waals surface area contributed by atoms with E-state index >= 15 is 0 Å². The second-order valence-electron chi connectivity index (χ2n) is 5.30. The fraction of sp³-hybridized carbons (Fsp3) is 0.917. The minimum absolute atomic E-state index is 0.200. The molecule has 2 fully saturated rings. The molecule has 0 aromatic rings. The maximum Gasteiger partial charge on any atom is 0.225 e. The second kappa shape index (κ2) is 4.12. The van der Waals surface area contributed by atoms with Gasteiger partial charge in [-0.05, 0) is 44.9 Å². The lowest BCUT2D eigenvalue weighted by Gasteiger charge is -2.27. The molecule has 86 valence electrons. The average Bonchev–Trinajstić information content (AvgIpc) is 2.98. The molecule has 0 spiro atoms. The summed E-state index contributed by atoms with van der Waals surface area (Å²) < 4.78 is 0. The molecule has 3 heteroatoms. The SMILES string of the molecule is CC(C1CC1)N(C)C(=O)C1CCC(N)C1. The zero-order chi connectivity index (χ0) is 11.0. The molecule has 2 N–H and O–H groups in total. The predicted octanol–water partition coefficient (Wildman–Crippen LogP) is 1.37. The molecule has 0 radical (unpaired) electrons. The molecule has 15 heavy (non-hydrogen) atoms. The lowest BCUT2D eigenvalue weighted by atomic mass is 10.0. The van der Waals surface area contributed by atoms with Crippen LogP contribution in [0, 0.1) is 11.8 Å². The van der Waals surface area contributed by atoms with Crippen molar-refractivity contribution in [1.82, 2.24) is 4.90 Å². The monoisotopic (exact) mass is 210 g/mol. The quantitative estimate of drug-likeness (QED) is 0.764. The normalized spacial score (nSPS) is 32.7. The summed E-state index contributed by atoms with van der Waals surface area (Å²) in [4.78, 5) is 14.1. The van der Waals surface area contributed by atoms with Gasteiger partial charge in [-0.2, -0.15) is 0 Å². The topological polar surface area (TPSA) is 46.3 Å². The summed E-state index contributed by atoms with van der Waals surface area (Å²) in [6, 6.07) is 0.679. The van der Waals surface area contributed by atoms with Crippen LogP contribution in [0.4, 0.5) is 0 Å². The van der Waals surface area contributed by atoms with E-state index in [2.05, 4.69) is 6.92 Å². The lowest BCUT2D eigenvalue weighted by molar-refractivity contribution is -0.136. The molecular formula is C12H22N2O. The Labute approximate surface area is 92.0 Å². The number of amides is 1. The van der Waals surface area contributed by atoms with Crippen molar-refractivity contribution in [2.75, 3.05) is 7.05 Å². The van der Waals surface area contributed by atoms with Crippen molar-refractivity contribution in [2.45, 2.75) is 51.1 Å². The largest absolute Gasteiger partial charge is 0.343 e. The Kier molecular flexibility index (Phi) is 3.01. The van der Waals surface area contributed by atoms with Crippen LogP contribution >= 0.6 is 0 Å². The molecule has 2 saturated carbocycles. The van der Waals surface area contributed by atoms with E-state index in [-0.39, 0.29) is 12.0 Å². The Hall–Kier alpha value is -0.570. The third-order valence-electron chi connectivity index (χ3n) is 4.09. The molecule has 2 aliphatic carbocycles. The van der Waals surface area contributed by atoms with Crippen molar-refractivity contribution >= 4 is 5.91 Å². The van der Waals surface area contributed by atoms with Gasteiger partial charge in [-0.3, -0.25) is 4.79 Å². The van der Waals surface area contributed by atoms with Crippen LogP contribution in [0.2, 0.25) is 0 Å². The molecule has 1 amide bonds. The number of carbonyl (C=O) groups is 1. The number of hydrogen-bond acceptors (Lipinski definition) is 2. The minimum Gasteiger partial charge on any atom is -0.343 e. The van der Waals surface area contributed by atoms with E-state index in [0.717, 1.165) is 25.2 Å². The van der Waals surface area contributed by atoms with Crippen LogP contribution in [0.1, 0.15) is 39.0 Å². The van der Waals surface area contributed by atoms with Gasteiger partial charge >= 0.3 is 0 Å². The van der Waals surface area contributed by atoms with Gasteiger partial charge in [-0.15, -0.1) is 0 Å². The number of rotatable bonds is 3. The first-order chi connectivity index (χ1) is 7.09. The van der Waals surface area contributed by atoms with E-state index in [4.69, 9.17) is 5.73 Å². The van der Waals surface area contributed by atoms with E-state index < -0.39 is 0 Å². The van der Waals surface area contributed by atoms with Crippen molar-refractivity contribution in [3.63, 3.8) is 0 Å².